The Kier molecular flexibility index (Phi) is 7.33. The molecule has 0 bridgehead atoms. The van der Waals surface area contributed by atoms with Crippen LogP contribution in [0, 0.1) is 12.7 Å². The van der Waals surface area contributed by atoms with Crippen LogP contribution in [0.1, 0.15) is 36.8 Å². The lowest BCUT2D eigenvalue weighted by molar-refractivity contribution is 0.227. The van der Waals surface area contributed by atoms with E-state index in [-0.39, 0.29) is 22.0 Å². The van der Waals surface area contributed by atoms with Gasteiger partial charge in [0.25, 0.3) is 0 Å². The molecule has 2 aromatic rings. The summed E-state index contributed by atoms with van der Waals surface area (Å²) in [7, 11) is -3.90. The van der Waals surface area contributed by atoms with Gasteiger partial charge >= 0.3 is 6.03 Å². The molecule has 6 nitrogen and oxygen atoms in total. The number of urea groups is 1. The van der Waals surface area contributed by atoms with Gasteiger partial charge in [0.2, 0.25) is 10.0 Å². The van der Waals surface area contributed by atoms with Crippen LogP contribution in [0.2, 0.25) is 5.02 Å². The van der Waals surface area contributed by atoms with Gasteiger partial charge in [0.15, 0.2) is 0 Å². The Hall–Kier alpha value is -2.16. The van der Waals surface area contributed by atoms with Crippen LogP contribution in [-0.2, 0) is 16.6 Å². The summed E-state index contributed by atoms with van der Waals surface area (Å²) >= 11 is 5.72. The van der Waals surface area contributed by atoms with Crippen LogP contribution in [0.15, 0.2) is 47.4 Å². The van der Waals surface area contributed by atoms with Gasteiger partial charge in [-0.3, -0.25) is 0 Å². The molecular weight excluding hydrogens is 429 g/mol. The second-order valence-corrected chi connectivity index (χ2v) is 9.63. The Labute approximate surface area is 181 Å². The first kappa shape index (κ1) is 22.5. The molecule has 0 heterocycles. The normalized spacial score (nSPS) is 19.3. The van der Waals surface area contributed by atoms with E-state index < -0.39 is 21.9 Å². The van der Waals surface area contributed by atoms with E-state index in [1.165, 1.54) is 6.07 Å². The van der Waals surface area contributed by atoms with E-state index in [2.05, 4.69) is 15.4 Å². The number of carbonyl (C=O) groups is 1. The summed E-state index contributed by atoms with van der Waals surface area (Å²) in [6.45, 7) is 2.37. The number of benzene rings is 2. The molecule has 2 aromatic carbocycles. The summed E-state index contributed by atoms with van der Waals surface area (Å²) in [5.74, 6) is -0.682. The topological polar surface area (TPSA) is 87.3 Å². The van der Waals surface area contributed by atoms with Crippen LogP contribution in [0.5, 0.6) is 0 Å². The quantitative estimate of drug-likeness (QED) is 0.620. The first-order valence-electron chi connectivity index (χ1n) is 9.82. The molecule has 3 rings (SSSR count). The monoisotopic (exact) mass is 453 g/mol. The second-order valence-electron chi connectivity index (χ2n) is 7.51. The van der Waals surface area contributed by atoms with Crippen LogP contribution in [0.25, 0.3) is 0 Å². The van der Waals surface area contributed by atoms with Crippen molar-refractivity contribution in [1.29, 1.82) is 0 Å². The van der Waals surface area contributed by atoms with Gasteiger partial charge in [0.1, 0.15) is 5.82 Å². The van der Waals surface area contributed by atoms with Crippen molar-refractivity contribution in [2.75, 3.05) is 0 Å². The van der Waals surface area contributed by atoms with Crippen LogP contribution in [0.3, 0.4) is 0 Å². The van der Waals surface area contributed by atoms with Crippen molar-refractivity contribution in [3.05, 3.63) is 64.4 Å². The number of hydrogen-bond donors (Lipinski definition) is 3. The maximum Gasteiger partial charge on any atom is 0.315 e. The highest BCUT2D eigenvalue weighted by atomic mass is 35.5. The average Bonchev–Trinajstić information content (AvgIpc) is 2.71. The fraction of sp³-hybridized carbons (Fsp3) is 0.381. The number of halogens is 2. The van der Waals surface area contributed by atoms with Gasteiger partial charge in [0, 0.05) is 18.6 Å². The fourth-order valence-corrected chi connectivity index (χ4v) is 5.05. The van der Waals surface area contributed by atoms with E-state index in [9.17, 15) is 17.6 Å². The van der Waals surface area contributed by atoms with E-state index in [4.69, 9.17) is 11.6 Å². The summed E-state index contributed by atoms with van der Waals surface area (Å²) in [5, 5.41) is 5.43. The molecule has 0 aliphatic heterocycles. The number of amides is 2. The lowest BCUT2D eigenvalue weighted by Crippen LogP contribution is -2.54. The Bertz CT molecular complexity index is 999. The zero-order valence-electron chi connectivity index (χ0n) is 16.6. The number of sulfonamides is 1. The molecule has 0 radical (unpaired) electrons. The third-order valence-corrected chi connectivity index (χ3v) is 6.94. The first-order valence-corrected chi connectivity index (χ1v) is 11.7. The molecule has 162 valence electrons. The maximum atomic E-state index is 13.4. The number of aryl methyl sites for hydroxylation is 1. The van der Waals surface area contributed by atoms with Gasteiger partial charge < -0.3 is 10.6 Å². The van der Waals surface area contributed by atoms with Gasteiger partial charge in [-0.15, -0.1) is 0 Å². The fourth-order valence-electron chi connectivity index (χ4n) is 3.46. The Morgan fingerprint density at radius 2 is 1.77 bits per heavy atom. The summed E-state index contributed by atoms with van der Waals surface area (Å²) in [5.41, 5.74) is 2.12. The minimum absolute atomic E-state index is 0.109. The number of nitrogens with one attached hydrogen (secondary N) is 3. The molecular formula is C21H25ClFN3O3S. The first-order chi connectivity index (χ1) is 14.2. The van der Waals surface area contributed by atoms with Crippen molar-refractivity contribution in [3.8, 4) is 0 Å². The zero-order valence-corrected chi connectivity index (χ0v) is 18.2. The standard InChI is InChI=1S/C21H25ClFN3O3S/c1-14-6-8-15(9-7-14)13-24-21(27)25-19-4-2-3-5-20(19)26-30(28,29)16-10-11-18(23)17(22)12-16/h6-12,19-20,26H,2-5,13H2,1H3,(H2,24,25,27). The van der Waals surface area contributed by atoms with Gasteiger partial charge in [-0.1, -0.05) is 54.3 Å². The molecule has 9 heteroatoms. The molecule has 1 aliphatic rings. The van der Waals surface area contributed by atoms with Crippen molar-refractivity contribution in [2.24, 2.45) is 0 Å². The minimum Gasteiger partial charge on any atom is -0.334 e. The number of hydrogen-bond acceptors (Lipinski definition) is 3. The van der Waals surface area contributed by atoms with E-state index in [1.54, 1.807) is 0 Å². The lowest BCUT2D eigenvalue weighted by Gasteiger charge is -2.32. The third-order valence-electron chi connectivity index (χ3n) is 5.16. The van der Waals surface area contributed by atoms with E-state index in [0.717, 1.165) is 36.1 Å². The maximum absolute atomic E-state index is 13.4. The van der Waals surface area contributed by atoms with Crippen molar-refractivity contribution in [3.63, 3.8) is 0 Å². The molecule has 0 spiro atoms. The van der Waals surface area contributed by atoms with Gasteiger partial charge in [-0.2, -0.15) is 0 Å². The highest BCUT2D eigenvalue weighted by Crippen LogP contribution is 2.23. The molecule has 2 atom stereocenters. The highest BCUT2D eigenvalue weighted by molar-refractivity contribution is 7.89. The highest BCUT2D eigenvalue weighted by Gasteiger charge is 2.30. The summed E-state index contributed by atoms with van der Waals surface area (Å²) in [6, 6.07) is 9.96. The molecule has 2 amide bonds. The van der Waals surface area contributed by atoms with E-state index >= 15 is 0 Å². The predicted molar refractivity (Wildman–Crippen MR) is 114 cm³/mol. The van der Waals surface area contributed by atoms with Crippen LogP contribution in [0.4, 0.5) is 9.18 Å². The van der Waals surface area contributed by atoms with E-state index in [1.807, 2.05) is 31.2 Å². The predicted octanol–water partition coefficient (Wildman–Crippen LogP) is 3.88. The molecule has 1 fully saturated rings. The second kappa shape index (κ2) is 9.76. The minimum atomic E-state index is -3.90. The zero-order chi connectivity index (χ0) is 21.7. The smallest absolute Gasteiger partial charge is 0.315 e. The van der Waals surface area contributed by atoms with Crippen LogP contribution >= 0.6 is 11.6 Å². The van der Waals surface area contributed by atoms with Gasteiger partial charge in [-0.05, 0) is 43.5 Å². The Morgan fingerprint density at radius 1 is 1.10 bits per heavy atom. The van der Waals surface area contributed by atoms with Gasteiger partial charge in [-0.25, -0.2) is 22.3 Å². The summed E-state index contributed by atoms with van der Waals surface area (Å²) in [6.07, 6.45) is 3.00. The lowest BCUT2D eigenvalue weighted by atomic mass is 9.91. The number of carbonyl (C=O) groups excluding carboxylic acids is 1. The summed E-state index contributed by atoms with van der Waals surface area (Å²) in [4.78, 5) is 12.2. The molecule has 30 heavy (non-hydrogen) atoms. The molecule has 0 aromatic heterocycles. The van der Waals surface area contributed by atoms with Crippen molar-refractivity contribution < 1.29 is 17.6 Å². The molecule has 1 saturated carbocycles. The van der Waals surface area contributed by atoms with Gasteiger partial charge in [0.05, 0.1) is 9.92 Å². The van der Waals surface area contributed by atoms with E-state index in [0.29, 0.717) is 19.4 Å². The number of rotatable bonds is 6. The third kappa shape index (κ3) is 5.93. The molecule has 0 saturated heterocycles. The Morgan fingerprint density at radius 3 is 2.43 bits per heavy atom. The molecule has 1 aliphatic carbocycles. The Balaban J connectivity index is 1.61. The molecule has 2 unspecified atom stereocenters. The van der Waals surface area contributed by atoms with Crippen LogP contribution in [-0.4, -0.2) is 26.5 Å². The largest absolute Gasteiger partial charge is 0.334 e. The van der Waals surface area contributed by atoms with Crippen molar-refractivity contribution in [1.82, 2.24) is 15.4 Å². The van der Waals surface area contributed by atoms with Crippen molar-refractivity contribution >= 4 is 27.7 Å². The van der Waals surface area contributed by atoms with Crippen molar-refractivity contribution in [2.45, 2.75) is 56.1 Å². The van der Waals surface area contributed by atoms with Crippen LogP contribution < -0.4 is 15.4 Å². The SMILES string of the molecule is Cc1ccc(CNC(=O)NC2CCCCC2NS(=O)(=O)c2ccc(F)c(Cl)c2)cc1. The summed E-state index contributed by atoms with van der Waals surface area (Å²) < 4.78 is 41.4. The average molecular weight is 454 g/mol. The molecule has 3 N–H and O–H groups in total.